The van der Waals surface area contributed by atoms with Gasteiger partial charge >= 0.3 is 0 Å². The molecule has 0 atom stereocenters. The summed E-state index contributed by atoms with van der Waals surface area (Å²) in [4.78, 5) is 0.511. The van der Waals surface area contributed by atoms with E-state index in [2.05, 4.69) is 31.8 Å². The van der Waals surface area contributed by atoms with Gasteiger partial charge in [0.2, 0.25) is 0 Å². The highest BCUT2D eigenvalue weighted by molar-refractivity contribution is 7.93. The molecule has 0 saturated carbocycles. The van der Waals surface area contributed by atoms with Crippen LogP contribution in [-0.2, 0) is 16.3 Å². The van der Waals surface area contributed by atoms with Gasteiger partial charge in [0, 0.05) is 0 Å². The molecule has 0 fully saturated rings. The molecule has 0 bridgehead atoms. The third-order valence-corrected chi connectivity index (χ3v) is 11.1. The summed E-state index contributed by atoms with van der Waals surface area (Å²) in [6, 6.07) is 18.5. The van der Waals surface area contributed by atoms with E-state index in [1.165, 1.54) is 5.56 Å². The van der Waals surface area contributed by atoms with Gasteiger partial charge in [-0.3, -0.25) is 0 Å². The number of aryl methyl sites for hydroxylation is 1. The van der Waals surface area contributed by atoms with Crippen molar-refractivity contribution in [3.05, 3.63) is 72.8 Å². The lowest BCUT2D eigenvalue weighted by Crippen LogP contribution is -2.46. The number of hydrogen-bond donors (Lipinski definition) is 0. The highest BCUT2D eigenvalue weighted by Gasteiger charge is 2.39. The smallest absolute Gasteiger partial charge is 0.183 e. The van der Waals surface area contributed by atoms with Crippen LogP contribution in [0.1, 0.15) is 25.8 Å². The number of rotatable bonds is 8. The van der Waals surface area contributed by atoms with E-state index in [4.69, 9.17) is 0 Å². The zero-order valence-corrected chi connectivity index (χ0v) is 18.1. The molecule has 2 rings (SSSR count). The molecule has 2 aromatic carbocycles. The Labute approximate surface area is 159 Å². The van der Waals surface area contributed by atoms with Gasteiger partial charge in [-0.2, -0.15) is 0 Å². The van der Waals surface area contributed by atoms with E-state index in [0.717, 1.165) is 17.7 Å². The van der Waals surface area contributed by atoms with E-state index in [9.17, 15) is 8.42 Å². The molecular formula is C22H30O2SSi. The van der Waals surface area contributed by atoms with Crippen LogP contribution < -0.4 is 5.19 Å². The van der Waals surface area contributed by atoms with Crippen molar-refractivity contribution in [3.63, 3.8) is 0 Å². The maximum absolute atomic E-state index is 13.5. The number of benzene rings is 2. The minimum atomic E-state index is -3.44. The summed E-state index contributed by atoms with van der Waals surface area (Å²) in [7, 11) is -5.34. The average Bonchev–Trinajstić information content (AvgIpc) is 2.61. The maximum atomic E-state index is 13.5. The van der Waals surface area contributed by atoms with E-state index in [-0.39, 0.29) is 0 Å². The minimum Gasteiger partial charge on any atom is -0.223 e. The predicted molar refractivity (Wildman–Crippen MR) is 115 cm³/mol. The van der Waals surface area contributed by atoms with E-state index in [0.29, 0.717) is 11.3 Å². The van der Waals surface area contributed by atoms with Gasteiger partial charge in [-0.1, -0.05) is 67.7 Å². The summed E-state index contributed by atoms with van der Waals surface area (Å²) in [6.45, 7) is 12.0. The van der Waals surface area contributed by atoms with Gasteiger partial charge < -0.3 is 0 Å². The second-order valence-corrected chi connectivity index (χ2v) is 15.4. The van der Waals surface area contributed by atoms with Crippen molar-refractivity contribution in [2.45, 2.75) is 55.5 Å². The summed E-state index contributed by atoms with van der Waals surface area (Å²) in [5, 5.41) is 1.01. The van der Waals surface area contributed by atoms with Crippen molar-refractivity contribution in [1.29, 1.82) is 0 Å². The van der Waals surface area contributed by atoms with E-state index < -0.39 is 22.7 Å². The molecule has 26 heavy (non-hydrogen) atoms. The van der Waals surface area contributed by atoms with E-state index in [1.807, 2.05) is 56.3 Å². The van der Waals surface area contributed by atoms with Gasteiger partial charge in [0.05, 0.1) is 17.7 Å². The molecule has 140 valence electrons. The van der Waals surface area contributed by atoms with E-state index in [1.54, 1.807) is 6.07 Å². The van der Waals surface area contributed by atoms with Gasteiger partial charge in [-0.25, -0.2) is 8.42 Å². The lowest BCUT2D eigenvalue weighted by atomic mass is 10.0. The zero-order valence-electron chi connectivity index (χ0n) is 16.3. The molecule has 4 heteroatoms. The average molecular weight is 387 g/mol. The van der Waals surface area contributed by atoms with Gasteiger partial charge in [0.1, 0.15) is 0 Å². The first kappa shape index (κ1) is 20.7. The molecule has 0 N–H and O–H groups in total. The number of hydrogen-bond acceptors (Lipinski definition) is 2. The van der Waals surface area contributed by atoms with Crippen molar-refractivity contribution in [3.8, 4) is 0 Å². The summed E-state index contributed by atoms with van der Waals surface area (Å²) in [5.41, 5.74) is 1.17. The second-order valence-electron chi connectivity index (χ2n) is 8.12. The molecule has 0 aliphatic heterocycles. The lowest BCUT2D eigenvalue weighted by molar-refractivity contribution is 0.527. The standard InChI is InChI=1S/C22H30O2SSi/c1-6-18-26(4,5)21-15-11-10-14-20(21)25(23,24)22(2,3)17-16-19-12-8-7-9-13-19/h6-15H,1,16-18H2,2-5H3. The third kappa shape index (κ3) is 4.36. The van der Waals surface area contributed by atoms with Crippen molar-refractivity contribution in [2.75, 3.05) is 0 Å². The second kappa shape index (κ2) is 7.93. The Bertz CT molecular complexity index is 853. The van der Waals surface area contributed by atoms with Crippen LogP contribution in [0.4, 0.5) is 0 Å². The van der Waals surface area contributed by atoms with Crippen LogP contribution in [0.15, 0.2) is 72.1 Å². The first-order valence-electron chi connectivity index (χ1n) is 9.11. The van der Waals surface area contributed by atoms with Gasteiger partial charge in [-0.05, 0) is 49.5 Å². The van der Waals surface area contributed by atoms with Gasteiger partial charge in [0.25, 0.3) is 0 Å². The molecule has 0 saturated heterocycles. The fraction of sp³-hybridized carbons (Fsp3) is 0.364. The van der Waals surface area contributed by atoms with Crippen molar-refractivity contribution < 1.29 is 8.42 Å². The summed E-state index contributed by atoms with van der Waals surface area (Å²) in [6.07, 6.45) is 3.26. The van der Waals surface area contributed by atoms with Gasteiger partial charge in [-0.15, -0.1) is 6.58 Å². The topological polar surface area (TPSA) is 34.1 Å². The molecular weight excluding hydrogens is 356 g/mol. The molecule has 0 aromatic heterocycles. The fourth-order valence-electron chi connectivity index (χ4n) is 3.25. The molecule has 0 aliphatic carbocycles. The Morgan fingerprint density at radius 3 is 2.19 bits per heavy atom. The molecule has 0 radical (unpaired) electrons. The quantitative estimate of drug-likeness (QED) is 0.474. The highest BCUT2D eigenvalue weighted by Crippen LogP contribution is 2.30. The van der Waals surface area contributed by atoms with Crippen molar-refractivity contribution in [1.82, 2.24) is 0 Å². The van der Waals surface area contributed by atoms with Crippen LogP contribution in [0.3, 0.4) is 0 Å². The third-order valence-electron chi connectivity index (χ3n) is 5.15. The number of sulfone groups is 1. The van der Waals surface area contributed by atoms with Crippen LogP contribution in [0.5, 0.6) is 0 Å². The molecule has 0 unspecified atom stereocenters. The monoisotopic (exact) mass is 386 g/mol. The maximum Gasteiger partial charge on any atom is 0.183 e. The summed E-state index contributed by atoms with van der Waals surface area (Å²) >= 11 is 0. The molecule has 0 amide bonds. The SMILES string of the molecule is C=CC[Si](C)(C)c1ccccc1S(=O)(=O)C(C)(C)CCc1ccccc1. The highest BCUT2D eigenvalue weighted by atomic mass is 32.2. The Balaban J connectivity index is 2.38. The predicted octanol–water partition coefficient (Wildman–Crippen LogP) is 4.97. The first-order valence-corrected chi connectivity index (χ1v) is 13.8. The van der Waals surface area contributed by atoms with Crippen LogP contribution in [-0.4, -0.2) is 21.2 Å². The molecule has 0 spiro atoms. The largest absolute Gasteiger partial charge is 0.223 e. The molecule has 0 heterocycles. The van der Waals surface area contributed by atoms with Crippen LogP contribution in [0, 0.1) is 0 Å². The minimum absolute atomic E-state index is 0.511. The van der Waals surface area contributed by atoms with Crippen molar-refractivity contribution in [2.24, 2.45) is 0 Å². The van der Waals surface area contributed by atoms with Crippen molar-refractivity contribution >= 4 is 23.1 Å². The van der Waals surface area contributed by atoms with Crippen LogP contribution in [0.2, 0.25) is 19.1 Å². The van der Waals surface area contributed by atoms with Crippen LogP contribution in [0.25, 0.3) is 0 Å². The molecule has 2 nitrogen and oxygen atoms in total. The summed E-state index contributed by atoms with van der Waals surface area (Å²) < 4.78 is 26.3. The zero-order chi connectivity index (χ0) is 19.4. The Hall–Kier alpha value is -1.65. The summed E-state index contributed by atoms with van der Waals surface area (Å²) in [5.74, 6) is 0. The molecule has 0 aliphatic rings. The van der Waals surface area contributed by atoms with E-state index >= 15 is 0 Å². The van der Waals surface area contributed by atoms with Crippen LogP contribution >= 0.6 is 0 Å². The molecule has 2 aromatic rings. The normalized spacial score (nSPS) is 12.8. The number of allylic oxidation sites excluding steroid dienone is 1. The first-order chi connectivity index (χ1) is 12.1. The Kier molecular flexibility index (Phi) is 6.30. The lowest BCUT2D eigenvalue weighted by Gasteiger charge is -2.30. The Morgan fingerprint density at radius 1 is 1.00 bits per heavy atom. The van der Waals surface area contributed by atoms with Gasteiger partial charge in [0.15, 0.2) is 9.84 Å². The Morgan fingerprint density at radius 2 is 1.58 bits per heavy atom. The fourth-order valence-corrected chi connectivity index (χ4v) is 8.31.